The van der Waals surface area contributed by atoms with Crippen LogP contribution in [0.2, 0.25) is 10.0 Å². The van der Waals surface area contributed by atoms with Crippen LogP contribution in [-0.2, 0) is 17.9 Å². The number of anilines is 2. The van der Waals surface area contributed by atoms with Crippen LogP contribution in [0.3, 0.4) is 0 Å². The number of ether oxygens (including phenoxy) is 3. The summed E-state index contributed by atoms with van der Waals surface area (Å²) in [6.45, 7) is 3.12. The molecule has 0 atom stereocenters. The zero-order valence-electron chi connectivity index (χ0n) is 19.2. The van der Waals surface area contributed by atoms with Crippen molar-refractivity contribution in [3.63, 3.8) is 0 Å². The third-order valence-corrected chi connectivity index (χ3v) is 6.32. The molecule has 184 valence electrons. The number of carboxylic acid groups (broad SMARTS) is 1. The number of hydrogen-bond donors (Lipinski definition) is 2. The van der Waals surface area contributed by atoms with E-state index >= 15 is 0 Å². The number of benzene rings is 3. The molecule has 3 aromatic rings. The molecule has 9 heteroatoms. The first-order chi connectivity index (χ1) is 17.0. The van der Waals surface area contributed by atoms with Crippen LogP contribution in [0.1, 0.15) is 21.5 Å². The molecule has 7 nitrogen and oxygen atoms in total. The molecule has 4 rings (SSSR count). The molecule has 2 N–H and O–H groups in total. The van der Waals surface area contributed by atoms with Crippen LogP contribution >= 0.6 is 23.2 Å². The Morgan fingerprint density at radius 2 is 1.89 bits per heavy atom. The number of methoxy groups -OCH3 is 1. The number of rotatable bonds is 9. The van der Waals surface area contributed by atoms with Gasteiger partial charge in [-0.2, -0.15) is 0 Å². The normalized spacial score (nSPS) is 13.4. The van der Waals surface area contributed by atoms with Crippen molar-refractivity contribution in [2.24, 2.45) is 0 Å². The lowest BCUT2D eigenvalue weighted by Crippen LogP contribution is -2.37. The lowest BCUT2D eigenvalue weighted by Gasteiger charge is -2.30. The smallest absolute Gasteiger partial charge is 0.337 e. The fraction of sp³-hybridized carbons (Fsp3) is 0.269. The average molecular weight is 517 g/mol. The average Bonchev–Trinajstić information content (AvgIpc) is 2.87. The summed E-state index contributed by atoms with van der Waals surface area (Å²) in [5, 5.41) is 14.2. The van der Waals surface area contributed by atoms with Crippen LogP contribution in [0.25, 0.3) is 0 Å². The molecule has 0 spiro atoms. The van der Waals surface area contributed by atoms with Gasteiger partial charge >= 0.3 is 5.97 Å². The predicted octanol–water partition coefficient (Wildman–Crippen LogP) is 5.73. The molecule has 35 heavy (non-hydrogen) atoms. The summed E-state index contributed by atoms with van der Waals surface area (Å²) < 4.78 is 17.0. The number of carbonyl (C=O) groups is 1. The summed E-state index contributed by atoms with van der Waals surface area (Å²) in [6, 6.07) is 16.3. The number of hydrogen-bond acceptors (Lipinski definition) is 6. The lowest BCUT2D eigenvalue weighted by molar-refractivity contribution is 0.0696. The summed E-state index contributed by atoms with van der Waals surface area (Å²) >= 11 is 12.3. The topological polar surface area (TPSA) is 80.3 Å². The van der Waals surface area contributed by atoms with Crippen molar-refractivity contribution in [3.8, 4) is 11.5 Å². The van der Waals surface area contributed by atoms with E-state index in [1.165, 1.54) is 0 Å². The summed E-state index contributed by atoms with van der Waals surface area (Å²) in [5.41, 5.74) is 3.27. The SMILES string of the molecule is COc1cccc(CNc2ccc(N3CCOCC3)c(C(=O)O)c2)c1OCc1ccc(Cl)cc1Cl. The van der Waals surface area contributed by atoms with Gasteiger partial charge < -0.3 is 29.5 Å². The van der Waals surface area contributed by atoms with E-state index in [0.717, 1.165) is 11.1 Å². The maximum Gasteiger partial charge on any atom is 0.337 e. The van der Waals surface area contributed by atoms with Gasteiger partial charge in [0.15, 0.2) is 11.5 Å². The zero-order chi connectivity index (χ0) is 24.8. The molecule has 0 unspecified atom stereocenters. The van der Waals surface area contributed by atoms with Gasteiger partial charge in [0.2, 0.25) is 0 Å². The number of nitrogens with zero attached hydrogens (tertiary/aromatic N) is 1. The van der Waals surface area contributed by atoms with Crippen molar-refractivity contribution in [3.05, 3.63) is 81.3 Å². The first kappa shape index (κ1) is 25.0. The molecule has 0 bridgehead atoms. The number of aromatic carboxylic acids is 1. The van der Waals surface area contributed by atoms with Crippen LogP contribution < -0.4 is 19.7 Å². The highest BCUT2D eigenvalue weighted by Gasteiger charge is 2.19. The van der Waals surface area contributed by atoms with E-state index in [0.29, 0.717) is 65.8 Å². The molecule has 3 aromatic carbocycles. The number of carboxylic acids is 1. The molecule has 1 aliphatic heterocycles. The van der Waals surface area contributed by atoms with Crippen molar-refractivity contribution in [2.45, 2.75) is 13.2 Å². The molecule has 0 amide bonds. The zero-order valence-corrected chi connectivity index (χ0v) is 20.7. The van der Waals surface area contributed by atoms with Crippen LogP contribution in [0.4, 0.5) is 11.4 Å². The third-order valence-electron chi connectivity index (χ3n) is 5.73. The fourth-order valence-corrected chi connectivity index (χ4v) is 4.37. The van der Waals surface area contributed by atoms with Gasteiger partial charge in [-0.3, -0.25) is 0 Å². The van der Waals surface area contributed by atoms with Gasteiger partial charge in [0, 0.05) is 46.5 Å². The van der Waals surface area contributed by atoms with E-state index in [9.17, 15) is 9.90 Å². The Bertz CT molecular complexity index is 1200. The monoisotopic (exact) mass is 516 g/mol. The molecule has 0 saturated carbocycles. The quantitative estimate of drug-likeness (QED) is 0.375. The second-order valence-electron chi connectivity index (χ2n) is 7.96. The van der Waals surface area contributed by atoms with Gasteiger partial charge in [-0.15, -0.1) is 0 Å². The number of nitrogens with one attached hydrogen (secondary N) is 1. The van der Waals surface area contributed by atoms with Gasteiger partial charge in [-0.1, -0.05) is 41.4 Å². The molecule has 1 fully saturated rings. The summed E-state index contributed by atoms with van der Waals surface area (Å²) in [4.78, 5) is 14.0. The minimum atomic E-state index is -0.972. The maximum absolute atomic E-state index is 12.0. The number of halogens is 2. The predicted molar refractivity (Wildman–Crippen MR) is 138 cm³/mol. The molecule has 1 aliphatic rings. The number of para-hydroxylation sites is 1. The van der Waals surface area contributed by atoms with Crippen LogP contribution in [0.15, 0.2) is 54.6 Å². The highest BCUT2D eigenvalue weighted by molar-refractivity contribution is 6.35. The largest absolute Gasteiger partial charge is 0.493 e. The molecule has 1 saturated heterocycles. The molecule has 0 radical (unpaired) electrons. The van der Waals surface area contributed by atoms with Crippen LogP contribution in [0.5, 0.6) is 11.5 Å². The first-order valence-corrected chi connectivity index (χ1v) is 11.9. The van der Waals surface area contributed by atoms with Crippen LogP contribution in [-0.4, -0.2) is 44.5 Å². The Hall–Kier alpha value is -3.13. The third kappa shape index (κ3) is 6.11. The number of morpholine rings is 1. The minimum Gasteiger partial charge on any atom is -0.493 e. The van der Waals surface area contributed by atoms with E-state index in [2.05, 4.69) is 5.32 Å². The summed E-state index contributed by atoms with van der Waals surface area (Å²) in [6.07, 6.45) is 0. The Balaban J connectivity index is 1.52. The highest BCUT2D eigenvalue weighted by atomic mass is 35.5. The molecular formula is C26H26Cl2N2O5. The van der Waals surface area contributed by atoms with E-state index < -0.39 is 5.97 Å². The van der Waals surface area contributed by atoms with Gasteiger partial charge in [0.05, 0.1) is 31.6 Å². The van der Waals surface area contributed by atoms with E-state index in [1.54, 1.807) is 25.3 Å². The molecule has 0 aliphatic carbocycles. The molecule has 1 heterocycles. The van der Waals surface area contributed by atoms with Crippen molar-refractivity contribution < 1.29 is 24.1 Å². The minimum absolute atomic E-state index is 0.237. The fourth-order valence-electron chi connectivity index (χ4n) is 3.91. The van der Waals surface area contributed by atoms with E-state index in [-0.39, 0.29) is 12.2 Å². The highest BCUT2D eigenvalue weighted by Crippen LogP contribution is 2.34. The Morgan fingerprint density at radius 3 is 2.60 bits per heavy atom. The summed E-state index contributed by atoms with van der Waals surface area (Å²) in [7, 11) is 1.58. The van der Waals surface area contributed by atoms with Crippen molar-refractivity contribution in [2.75, 3.05) is 43.6 Å². The van der Waals surface area contributed by atoms with Gasteiger partial charge in [-0.25, -0.2) is 4.79 Å². The van der Waals surface area contributed by atoms with Crippen LogP contribution in [0, 0.1) is 0 Å². The molecule has 0 aromatic heterocycles. The van der Waals surface area contributed by atoms with E-state index in [1.807, 2.05) is 41.3 Å². The Labute approximate surface area is 214 Å². The van der Waals surface area contributed by atoms with Gasteiger partial charge in [0.25, 0.3) is 0 Å². The van der Waals surface area contributed by atoms with Crippen molar-refractivity contribution >= 4 is 40.5 Å². The second-order valence-corrected chi connectivity index (χ2v) is 8.81. The Morgan fingerprint density at radius 1 is 1.09 bits per heavy atom. The molecular weight excluding hydrogens is 491 g/mol. The van der Waals surface area contributed by atoms with E-state index in [4.69, 9.17) is 37.4 Å². The standard InChI is InChI=1S/C26H26Cl2N2O5/c1-33-24-4-2-3-17(25(24)35-16-18-5-6-19(27)13-22(18)28)15-29-20-7-8-23(21(14-20)26(31)32)30-9-11-34-12-10-30/h2-8,13-14,29H,9-12,15-16H2,1H3,(H,31,32). The lowest BCUT2D eigenvalue weighted by atomic mass is 10.1. The van der Waals surface area contributed by atoms with Crippen molar-refractivity contribution in [1.29, 1.82) is 0 Å². The second kappa shape index (κ2) is 11.5. The van der Waals surface area contributed by atoms with Crippen molar-refractivity contribution in [1.82, 2.24) is 0 Å². The summed E-state index contributed by atoms with van der Waals surface area (Å²) in [5.74, 6) is 0.195. The van der Waals surface area contributed by atoms with Gasteiger partial charge in [-0.05, 0) is 36.4 Å². The van der Waals surface area contributed by atoms with Gasteiger partial charge in [0.1, 0.15) is 6.61 Å². The maximum atomic E-state index is 12.0. The first-order valence-electron chi connectivity index (χ1n) is 11.1. The Kier molecular flexibility index (Phi) is 8.23.